The van der Waals surface area contributed by atoms with Gasteiger partial charge in [-0.3, -0.25) is 4.79 Å². The molecule has 3 rings (SSSR count). The average molecular weight is 647 g/mol. The summed E-state index contributed by atoms with van der Waals surface area (Å²) >= 11 is 14.1. The molecule has 0 aromatic heterocycles. The molecule has 5 nitrogen and oxygen atoms in total. The summed E-state index contributed by atoms with van der Waals surface area (Å²) in [6.45, 7) is 0.139. The van der Waals surface area contributed by atoms with Gasteiger partial charge in [0.05, 0.1) is 16.2 Å². The van der Waals surface area contributed by atoms with Gasteiger partial charge in [-0.05, 0) is 76.7 Å². The molecular weight excluding hydrogens is 631 g/mol. The van der Waals surface area contributed by atoms with Crippen LogP contribution in [0, 0.1) is 14.9 Å². The van der Waals surface area contributed by atoms with Gasteiger partial charge in [0, 0.05) is 21.3 Å². The minimum absolute atomic E-state index is 0.0901. The van der Waals surface area contributed by atoms with E-state index in [4.69, 9.17) is 32.7 Å². The number of benzene rings is 3. The minimum atomic E-state index is -4.56. The van der Waals surface area contributed by atoms with Gasteiger partial charge in [-0.2, -0.15) is 18.4 Å². The SMILES string of the molecule is COc1cc(/C=C(\C#N)C(=O)Nc2cccc(C(F)(F)F)c2)cc(I)c1OCc1ccc(Cl)cc1Cl. The number of alkyl halides is 3. The Kier molecular flexibility index (Phi) is 9.11. The van der Waals surface area contributed by atoms with E-state index in [0.717, 1.165) is 18.2 Å². The Morgan fingerprint density at radius 3 is 2.56 bits per heavy atom. The molecule has 0 radical (unpaired) electrons. The number of nitriles is 1. The molecule has 0 aliphatic rings. The highest BCUT2D eigenvalue weighted by Gasteiger charge is 2.30. The standard InChI is InChI=1S/C25H16Cl2F3IN2O3/c1-35-22-9-14(8-21(31)23(22)36-13-15-5-6-18(26)11-20(15)27)7-16(12-32)24(34)33-19-4-2-3-17(10-19)25(28,29)30/h2-11H,13H2,1H3,(H,33,34)/b16-7+. The number of carbonyl (C=O) groups is 1. The number of halogens is 6. The van der Waals surface area contributed by atoms with Crippen molar-refractivity contribution in [2.75, 3.05) is 12.4 Å². The first-order valence-corrected chi connectivity index (χ1v) is 11.9. The summed E-state index contributed by atoms with van der Waals surface area (Å²) in [5.74, 6) is -0.0921. The molecule has 0 heterocycles. The van der Waals surface area contributed by atoms with E-state index in [1.54, 1.807) is 36.4 Å². The van der Waals surface area contributed by atoms with E-state index in [0.29, 0.717) is 36.2 Å². The van der Waals surface area contributed by atoms with Gasteiger partial charge < -0.3 is 14.8 Å². The number of hydrogen-bond donors (Lipinski definition) is 1. The van der Waals surface area contributed by atoms with Crippen LogP contribution in [0.5, 0.6) is 11.5 Å². The van der Waals surface area contributed by atoms with Gasteiger partial charge >= 0.3 is 6.18 Å². The van der Waals surface area contributed by atoms with Gasteiger partial charge in [-0.15, -0.1) is 0 Å². The molecule has 0 atom stereocenters. The Bertz CT molecular complexity index is 1370. The monoisotopic (exact) mass is 646 g/mol. The number of nitrogens with zero attached hydrogens (tertiary/aromatic N) is 1. The first kappa shape index (κ1) is 27.6. The van der Waals surface area contributed by atoms with Crippen LogP contribution in [0.25, 0.3) is 6.08 Å². The Hall–Kier alpha value is -2.94. The van der Waals surface area contributed by atoms with Crippen LogP contribution >= 0.6 is 45.8 Å². The number of amides is 1. The third-order valence-electron chi connectivity index (χ3n) is 4.76. The van der Waals surface area contributed by atoms with Gasteiger partial charge in [0.2, 0.25) is 0 Å². The van der Waals surface area contributed by atoms with Crippen LogP contribution in [-0.2, 0) is 17.6 Å². The summed E-state index contributed by atoms with van der Waals surface area (Å²) in [5.41, 5.74) is -0.165. The molecule has 0 saturated carbocycles. The Morgan fingerprint density at radius 1 is 1.17 bits per heavy atom. The molecule has 3 aromatic carbocycles. The van der Waals surface area contributed by atoms with Gasteiger partial charge in [0.15, 0.2) is 11.5 Å². The zero-order valence-electron chi connectivity index (χ0n) is 18.4. The quantitative estimate of drug-likeness (QED) is 0.162. The minimum Gasteiger partial charge on any atom is -0.493 e. The van der Waals surface area contributed by atoms with Gasteiger partial charge in [0.1, 0.15) is 18.2 Å². The fourth-order valence-corrected chi connectivity index (χ4v) is 4.28. The summed E-state index contributed by atoms with van der Waals surface area (Å²) in [6.07, 6.45) is -3.27. The molecule has 0 aliphatic carbocycles. The number of nitrogens with one attached hydrogen (secondary N) is 1. The molecule has 36 heavy (non-hydrogen) atoms. The van der Waals surface area contributed by atoms with Crippen molar-refractivity contribution < 1.29 is 27.4 Å². The highest BCUT2D eigenvalue weighted by Crippen LogP contribution is 2.36. The van der Waals surface area contributed by atoms with Crippen molar-refractivity contribution in [1.29, 1.82) is 5.26 Å². The number of methoxy groups -OCH3 is 1. The highest BCUT2D eigenvalue weighted by molar-refractivity contribution is 14.1. The van der Waals surface area contributed by atoms with Crippen molar-refractivity contribution in [2.24, 2.45) is 0 Å². The Labute approximate surface area is 228 Å². The normalized spacial score (nSPS) is 11.6. The van der Waals surface area contributed by atoms with E-state index in [1.807, 2.05) is 22.6 Å². The maximum Gasteiger partial charge on any atom is 0.416 e. The van der Waals surface area contributed by atoms with E-state index in [9.17, 15) is 23.2 Å². The molecule has 186 valence electrons. The third kappa shape index (κ3) is 7.06. The highest BCUT2D eigenvalue weighted by atomic mass is 127. The number of ether oxygens (including phenoxy) is 2. The first-order valence-electron chi connectivity index (χ1n) is 10.1. The number of hydrogen-bond acceptors (Lipinski definition) is 4. The van der Waals surface area contributed by atoms with E-state index in [1.165, 1.54) is 19.3 Å². The van der Waals surface area contributed by atoms with E-state index < -0.39 is 17.6 Å². The predicted molar refractivity (Wildman–Crippen MR) is 140 cm³/mol. The predicted octanol–water partition coefficient (Wildman–Crippen LogP) is 7.75. The van der Waals surface area contributed by atoms with Crippen LogP contribution in [0.1, 0.15) is 16.7 Å². The molecular formula is C25H16Cl2F3IN2O3. The summed E-state index contributed by atoms with van der Waals surface area (Å²) in [4.78, 5) is 12.6. The molecule has 0 fully saturated rings. The van der Waals surface area contributed by atoms with Crippen LogP contribution in [0.3, 0.4) is 0 Å². The van der Waals surface area contributed by atoms with Crippen LogP contribution < -0.4 is 14.8 Å². The molecule has 0 bridgehead atoms. The van der Waals surface area contributed by atoms with Crippen LogP contribution in [0.2, 0.25) is 10.0 Å². The largest absolute Gasteiger partial charge is 0.493 e. The van der Waals surface area contributed by atoms with Crippen LogP contribution in [0.4, 0.5) is 18.9 Å². The van der Waals surface area contributed by atoms with Crippen LogP contribution in [0.15, 0.2) is 60.2 Å². The molecule has 1 N–H and O–H groups in total. The summed E-state index contributed by atoms with van der Waals surface area (Å²) in [5, 5.41) is 12.7. The Morgan fingerprint density at radius 2 is 1.92 bits per heavy atom. The third-order valence-corrected chi connectivity index (χ3v) is 6.15. The number of carbonyl (C=O) groups excluding carboxylic acids is 1. The van der Waals surface area contributed by atoms with Crippen molar-refractivity contribution in [3.05, 3.63) is 90.5 Å². The summed E-state index contributed by atoms with van der Waals surface area (Å²) < 4.78 is 50.7. The van der Waals surface area contributed by atoms with Gasteiger partial charge in [-0.25, -0.2) is 0 Å². The zero-order chi connectivity index (χ0) is 26.5. The number of rotatable bonds is 7. The Balaban J connectivity index is 1.82. The van der Waals surface area contributed by atoms with Crippen molar-refractivity contribution in [1.82, 2.24) is 0 Å². The van der Waals surface area contributed by atoms with E-state index in [2.05, 4.69) is 5.32 Å². The summed E-state index contributed by atoms with van der Waals surface area (Å²) in [6, 6.07) is 14.2. The molecule has 11 heteroatoms. The maximum atomic E-state index is 12.9. The zero-order valence-corrected chi connectivity index (χ0v) is 22.1. The van der Waals surface area contributed by atoms with Crippen molar-refractivity contribution >= 4 is 63.5 Å². The van der Waals surface area contributed by atoms with Crippen molar-refractivity contribution in [3.63, 3.8) is 0 Å². The lowest BCUT2D eigenvalue weighted by molar-refractivity contribution is -0.137. The fraction of sp³-hybridized carbons (Fsp3) is 0.120. The molecule has 0 aliphatic heterocycles. The molecule has 0 unspecified atom stereocenters. The molecule has 0 saturated heterocycles. The van der Waals surface area contributed by atoms with Crippen molar-refractivity contribution in [3.8, 4) is 17.6 Å². The average Bonchev–Trinajstić information content (AvgIpc) is 2.82. The molecule has 0 spiro atoms. The molecule has 3 aromatic rings. The van der Waals surface area contributed by atoms with Crippen LogP contribution in [-0.4, -0.2) is 13.0 Å². The smallest absolute Gasteiger partial charge is 0.416 e. The summed E-state index contributed by atoms with van der Waals surface area (Å²) in [7, 11) is 1.44. The van der Waals surface area contributed by atoms with E-state index in [-0.39, 0.29) is 17.9 Å². The van der Waals surface area contributed by atoms with Gasteiger partial charge in [0.25, 0.3) is 5.91 Å². The van der Waals surface area contributed by atoms with Crippen molar-refractivity contribution in [2.45, 2.75) is 12.8 Å². The second kappa shape index (κ2) is 11.9. The molecule has 1 amide bonds. The lowest BCUT2D eigenvalue weighted by atomic mass is 10.1. The fourth-order valence-electron chi connectivity index (χ4n) is 3.04. The lowest BCUT2D eigenvalue weighted by Crippen LogP contribution is -2.14. The van der Waals surface area contributed by atoms with E-state index >= 15 is 0 Å². The first-order chi connectivity index (χ1) is 17.0. The lowest BCUT2D eigenvalue weighted by Gasteiger charge is -2.14. The van der Waals surface area contributed by atoms with Gasteiger partial charge in [-0.1, -0.05) is 35.3 Å². The second-order valence-electron chi connectivity index (χ2n) is 7.26. The maximum absolute atomic E-state index is 12.9. The topological polar surface area (TPSA) is 71.3 Å². The second-order valence-corrected chi connectivity index (χ2v) is 9.27. The number of anilines is 1.